The van der Waals surface area contributed by atoms with Gasteiger partial charge >= 0.3 is 6.03 Å². The summed E-state index contributed by atoms with van der Waals surface area (Å²) in [6.07, 6.45) is -0.197. The molecule has 0 bridgehead atoms. The Kier molecular flexibility index (Phi) is 6.63. The number of amides is 2. The van der Waals surface area contributed by atoms with Crippen LogP contribution in [0.3, 0.4) is 0 Å². The van der Waals surface area contributed by atoms with Crippen LogP contribution < -0.4 is 19.5 Å². The van der Waals surface area contributed by atoms with Crippen LogP contribution in [0.2, 0.25) is 0 Å². The van der Waals surface area contributed by atoms with Crippen LogP contribution in [-0.2, 0) is 0 Å². The molecule has 6 nitrogen and oxygen atoms in total. The Hall–Kier alpha value is -2.89. The van der Waals surface area contributed by atoms with Crippen LogP contribution in [0, 0.1) is 0 Å². The van der Waals surface area contributed by atoms with Gasteiger partial charge in [0.25, 0.3) is 0 Å². The molecule has 1 aliphatic rings. The number of para-hydroxylation sites is 2. The molecule has 0 saturated heterocycles. The first-order valence-electron chi connectivity index (χ1n) is 9.77. The number of ether oxygens (including phenoxy) is 3. The summed E-state index contributed by atoms with van der Waals surface area (Å²) in [6.45, 7) is 7.95. The van der Waals surface area contributed by atoms with Gasteiger partial charge in [-0.2, -0.15) is 0 Å². The van der Waals surface area contributed by atoms with Gasteiger partial charge in [-0.15, -0.1) is 0 Å². The highest BCUT2D eigenvalue weighted by Gasteiger charge is 2.25. The van der Waals surface area contributed by atoms with E-state index in [0.717, 1.165) is 22.8 Å². The van der Waals surface area contributed by atoms with E-state index in [0.29, 0.717) is 26.3 Å². The van der Waals surface area contributed by atoms with Crippen LogP contribution in [0.1, 0.15) is 32.4 Å². The van der Waals surface area contributed by atoms with E-state index in [4.69, 9.17) is 14.2 Å². The van der Waals surface area contributed by atoms with Crippen molar-refractivity contribution in [1.82, 2.24) is 10.2 Å². The summed E-state index contributed by atoms with van der Waals surface area (Å²) in [4.78, 5) is 14.5. The molecule has 28 heavy (non-hydrogen) atoms. The normalized spacial score (nSPS) is 16.2. The van der Waals surface area contributed by atoms with Gasteiger partial charge in [-0.05, 0) is 50.6 Å². The van der Waals surface area contributed by atoms with Gasteiger partial charge in [-0.25, -0.2) is 4.79 Å². The van der Waals surface area contributed by atoms with Crippen LogP contribution in [0.4, 0.5) is 4.79 Å². The molecule has 6 heteroatoms. The van der Waals surface area contributed by atoms with Crippen molar-refractivity contribution in [3.63, 3.8) is 0 Å². The molecule has 0 saturated carbocycles. The maximum absolute atomic E-state index is 12.8. The molecule has 1 heterocycles. The van der Waals surface area contributed by atoms with Crippen LogP contribution >= 0.6 is 0 Å². The SMILES string of the molecule is CCOc1cccc(C(C)NC(=O)N(CC)CC2COc3ccccc3O2)c1. The van der Waals surface area contributed by atoms with Gasteiger partial charge in [0.2, 0.25) is 0 Å². The monoisotopic (exact) mass is 384 g/mol. The molecule has 2 amide bonds. The fourth-order valence-electron chi connectivity index (χ4n) is 3.15. The van der Waals surface area contributed by atoms with E-state index in [1.807, 2.05) is 69.3 Å². The minimum absolute atomic E-state index is 0.126. The van der Waals surface area contributed by atoms with Gasteiger partial charge in [-0.1, -0.05) is 24.3 Å². The molecule has 0 radical (unpaired) electrons. The van der Waals surface area contributed by atoms with Crippen molar-refractivity contribution in [3.05, 3.63) is 54.1 Å². The third-order valence-electron chi connectivity index (χ3n) is 4.67. The van der Waals surface area contributed by atoms with E-state index in [2.05, 4.69) is 5.32 Å². The highest BCUT2D eigenvalue weighted by Crippen LogP contribution is 2.31. The summed E-state index contributed by atoms with van der Waals surface area (Å²) < 4.78 is 17.3. The summed E-state index contributed by atoms with van der Waals surface area (Å²) in [5.41, 5.74) is 1.00. The Morgan fingerprint density at radius 1 is 1.21 bits per heavy atom. The zero-order valence-corrected chi connectivity index (χ0v) is 16.7. The summed E-state index contributed by atoms with van der Waals surface area (Å²) in [6, 6.07) is 15.1. The van der Waals surface area contributed by atoms with Crippen LogP contribution in [-0.4, -0.2) is 43.3 Å². The molecule has 0 aromatic heterocycles. The lowest BCUT2D eigenvalue weighted by Gasteiger charge is -2.31. The summed E-state index contributed by atoms with van der Waals surface area (Å²) >= 11 is 0. The van der Waals surface area contributed by atoms with Crippen molar-refractivity contribution in [3.8, 4) is 17.2 Å². The molecule has 1 aliphatic heterocycles. The minimum Gasteiger partial charge on any atom is -0.494 e. The number of hydrogen-bond donors (Lipinski definition) is 1. The fraction of sp³-hybridized carbons (Fsp3) is 0.409. The van der Waals surface area contributed by atoms with Crippen molar-refractivity contribution in [1.29, 1.82) is 0 Å². The van der Waals surface area contributed by atoms with Crippen molar-refractivity contribution >= 4 is 6.03 Å². The van der Waals surface area contributed by atoms with E-state index >= 15 is 0 Å². The number of rotatable bonds is 7. The molecule has 2 unspecified atom stereocenters. The molecule has 2 aromatic rings. The first-order chi connectivity index (χ1) is 13.6. The average Bonchev–Trinajstić information content (AvgIpc) is 2.72. The van der Waals surface area contributed by atoms with Crippen molar-refractivity contribution in [2.24, 2.45) is 0 Å². The number of benzene rings is 2. The van der Waals surface area contributed by atoms with Crippen LogP contribution in [0.25, 0.3) is 0 Å². The van der Waals surface area contributed by atoms with E-state index < -0.39 is 0 Å². The van der Waals surface area contributed by atoms with Gasteiger partial charge in [0.15, 0.2) is 17.6 Å². The number of urea groups is 1. The molecule has 3 rings (SSSR count). The van der Waals surface area contributed by atoms with Crippen LogP contribution in [0.15, 0.2) is 48.5 Å². The van der Waals surface area contributed by atoms with Gasteiger partial charge in [0.1, 0.15) is 12.4 Å². The Balaban J connectivity index is 1.58. The number of hydrogen-bond acceptors (Lipinski definition) is 4. The molecule has 1 N–H and O–H groups in total. The Bertz CT molecular complexity index is 796. The predicted molar refractivity (Wildman–Crippen MR) is 108 cm³/mol. The lowest BCUT2D eigenvalue weighted by molar-refractivity contribution is 0.0672. The second-order valence-electron chi connectivity index (χ2n) is 6.71. The lowest BCUT2D eigenvalue weighted by Crippen LogP contribution is -2.47. The molecular weight excluding hydrogens is 356 g/mol. The second kappa shape index (κ2) is 9.35. The third kappa shape index (κ3) is 4.88. The number of carbonyl (C=O) groups is 1. The smallest absolute Gasteiger partial charge is 0.317 e. The molecule has 2 aromatic carbocycles. The number of fused-ring (bicyclic) bond motifs is 1. The third-order valence-corrected chi connectivity index (χ3v) is 4.67. The summed E-state index contributed by atoms with van der Waals surface area (Å²) in [5, 5.41) is 3.06. The van der Waals surface area contributed by atoms with Crippen LogP contribution in [0.5, 0.6) is 17.2 Å². The fourth-order valence-corrected chi connectivity index (χ4v) is 3.15. The van der Waals surface area contributed by atoms with Gasteiger partial charge < -0.3 is 24.4 Å². The molecular formula is C22H28N2O4. The van der Waals surface area contributed by atoms with E-state index in [1.54, 1.807) is 4.90 Å². The minimum atomic E-state index is -0.197. The quantitative estimate of drug-likeness (QED) is 0.783. The highest BCUT2D eigenvalue weighted by atomic mass is 16.6. The Morgan fingerprint density at radius 2 is 2.00 bits per heavy atom. The van der Waals surface area contributed by atoms with Crippen molar-refractivity contribution < 1.29 is 19.0 Å². The van der Waals surface area contributed by atoms with Crippen molar-refractivity contribution in [2.75, 3.05) is 26.3 Å². The summed E-state index contributed by atoms with van der Waals surface area (Å²) in [5.74, 6) is 2.27. The Morgan fingerprint density at radius 3 is 2.75 bits per heavy atom. The molecule has 150 valence electrons. The topological polar surface area (TPSA) is 60.0 Å². The predicted octanol–water partition coefficient (Wildman–Crippen LogP) is 4.02. The molecule has 0 aliphatic carbocycles. The van der Waals surface area contributed by atoms with E-state index in [9.17, 15) is 4.79 Å². The Labute approximate surface area is 166 Å². The van der Waals surface area contributed by atoms with E-state index in [-0.39, 0.29) is 18.2 Å². The zero-order valence-electron chi connectivity index (χ0n) is 16.7. The maximum Gasteiger partial charge on any atom is 0.317 e. The highest BCUT2D eigenvalue weighted by molar-refractivity contribution is 5.74. The second-order valence-corrected chi connectivity index (χ2v) is 6.71. The summed E-state index contributed by atoms with van der Waals surface area (Å²) in [7, 11) is 0. The van der Waals surface area contributed by atoms with Gasteiger partial charge in [0, 0.05) is 6.54 Å². The molecule has 2 atom stereocenters. The largest absolute Gasteiger partial charge is 0.494 e. The number of carbonyl (C=O) groups excluding carboxylic acids is 1. The van der Waals surface area contributed by atoms with Gasteiger partial charge in [0.05, 0.1) is 19.2 Å². The standard InChI is InChI=1S/C22H28N2O4/c1-4-24(14-19-15-27-20-11-6-7-12-21(20)28-19)22(25)23-16(3)17-9-8-10-18(13-17)26-5-2/h6-13,16,19H,4-5,14-15H2,1-3H3,(H,23,25). The van der Waals surface area contributed by atoms with Crippen molar-refractivity contribution in [2.45, 2.75) is 32.9 Å². The lowest BCUT2D eigenvalue weighted by atomic mass is 10.1. The maximum atomic E-state index is 12.8. The number of likely N-dealkylation sites (N-methyl/N-ethyl adjacent to an activating group) is 1. The average molecular weight is 384 g/mol. The van der Waals surface area contributed by atoms with Gasteiger partial charge in [-0.3, -0.25) is 0 Å². The first kappa shape index (κ1) is 19.9. The zero-order chi connectivity index (χ0) is 19.9. The molecule has 0 fully saturated rings. The number of nitrogens with one attached hydrogen (secondary N) is 1. The number of nitrogens with zero attached hydrogens (tertiary/aromatic N) is 1. The van der Waals surface area contributed by atoms with E-state index in [1.165, 1.54) is 0 Å². The first-order valence-corrected chi connectivity index (χ1v) is 9.77. The molecule has 0 spiro atoms.